The first kappa shape index (κ1) is 41.0. The molecule has 10 heteroatoms. The molecule has 0 aliphatic heterocycles. The Morgan fingerprint density at radius 2 is 1.34 bits per heavy atom. The maximum atomic E-state index is 14.0. The minimum absolute atomic E-state index is 0.0131. The number of benzene rings is 4. The molecule has 0 aliphatic carbocycles. The Labute approximate surface area is 317 Å². The van der Waals surface area contributed by atoms with Crippen LogP contribution in [0.3, 0.4) is 0 Å². The van der Waals surface area contributed by atoms with Crippen molar-refractivity contribution in [3.8, 4) is 0 Å². The number of nitrogens with zero attached hydrogens (tertiary/aromatic N) is 1. The van der Waals surface area contributed by atoms with Gasteiger partial charge in [0, 0.05) is 42.9 Å². The van der Waals surface area contributed by atoms with Crippen molar-refractivity contribution in [3.05, 3.63) is 137 Å². The molecule has 0 spiro atoms. The van der Waals surface area contributed by atoms with Crippen molar-refractivity contribution < 1.29 is 23.3 Å². The number of carbonyl (C=O) groups is 3. The van der Waals surface area contributed by atoms with E-state index in [4.69, 9.17) is 4.74 Å². The SMILES string of the molecule is CC(c1ccccc1)c1cc(C(=O)NC(CC[C@@H](C)C(=O)NC(C(=O)NCc2ccccc2)C(C)C)COCc2ccccc2)cc(N(C)S(C)=O)c1. The van der Waals surface area contributed by atoms with Gasteiger partial charge in [-0.2, -0.15) is 0 Å². The monoisotopic (exact) mass is 738 g/mol. The molecule has 4 unspecified atom stereocenters. The van der Waals surface area contributed by atoms with Crippen molar-refractivity contribution in [2.24, 2.45) is 11.8 Å². The third-order valence-corrected chi connectivity index (χ3v) is 10.5. The van der Waals surface area contributed by atoms with E-state index in [1.54, 1.807) is 23.7 Å². The number of carbonyl (C=O) groups excluding carboxylic acids is 3. The van der Waals surface area contributed by atoms with Gasteiger partial charge in [0.15, 0.2) is 0 Å². The van der Waals surface area contributed by atoms with Gasteiger partial charge in [0.1, 0.15) is 17.0 Å². The summed E-state index contributed by atoms with van der Waals surface area (Å²) in [7, 11) is 0.446. The summed E-state index contributed by atoms with van der Waals surface area (Å²) in [5.41, 5.74) is 5.13. The quantitative estimate of drug-likeness (QED) is 0.0984. The van der Waals surface area contributed by atoms with Crippen LogP contribution in [0.15, 0.2) is 109 Å². The summed E-state index contributed by atoms with van der Waals surface area (Å²) in [5.74, 6) is -1.30. The molecule has 9 nitrogen and oxygen atoms in total. The van der Waals surface area contributed by atoms with Gasteiger partial charge < -0.3 is 20.7 Å². The molecule has 0 aliphatic rings. The second-order valence-corrected chi connectivity index (χ2v) is 15.3. The Balaban J connectivity index is 1.47. The normalized spacial score (nSPS) is 14.0. The van der Waals surface area contributed by atoms with Crippen molar-refractivity contribution in [2.45, 2.75) is 71.7 Å². The predicted molar refractivity (Wildman–Crippen MR) is 214 cm³/mol. The highest BCUT2D eigenvalue weighted by molar-refractivity contribution is 7.85. The van der Waals surface area contributed by atoms with Crippen LogP contribution in [0.2, 0.25) is 0 Å². The van der Waals surface area contributed by atoms with E-state index >= 15 is 0 Å². The highest BCUT2D eigenvalue weighted by Crippen LogP contribution is 2.29. The number of nitrogens with one attached hydrogen (secondary N) is 3. The van der Waals surface area contributed by atoms with Gasteiger partial charge in [0.2, 0.25) is 11.8 Å². The van der Waals surface area contributed by atoms with Crippen LogP contribution in [0.5, 0.6) is 0 Å². The third kappa shape index (κ3) is 12.7. The maximum Gasteiger partial charge on any atom is 0.251 e. The fourth-order valence-corrected chi connectivity index (χ4v) is 6.35. The van der Waals surface area contributed by atoms with Crippen molar-refractivity contribution in [2.75, 3.05) is 24.2 Å². The molecule has 282 valence electrons. The molecule has 0 heterocycles. The largest absolute Gasteiger partial charge is 0.375 e. The van der Waals surface area contributed by atoms with E-state index in [0.717, 1.165) is 22.3 Å². The Morgan fingerprint density at radius 3 is 1.94 bits per heavy atom. The molecule has 4 aromatic carbocycles. The summed E-state index contributed by atoms with van der Waals surface area (Å²) in [4.78, 5) is 40.5. The maximum absolute atomic E-state index is 14.0. The number of ether oxygens (including phenoxy) is 1. The number of amides is 3. The van der Waals surface area contributed by atoms with E-state index in [-0.39, 0.29) is 36.2 Å². The predicted octanol–water partition coefficient (Wildman–Crippen LogP) is 6.76. The smallest absolute Gasteiger partial charge is 0.251 e. The van der Waals surface area contributed by atoms with Crippen LogP contribution >= 0.6 is 0 Å². The Kier molecular flexibility index (Phi) is 15.8. The average molecular weight is 739 g/mol. The number of hydrogen-bond donors (Lipinski definition) is 3. The summed E-state index contributed by atoms with van der Waals surface area (Å²) in [6.45, 7) is 8.72. The Morgan fingerprint density at radius 1 is 0.736 bits per heavy atom. The van der Waals surface area contributed by atoms with Crippen LogP contribution in [-0.4, -0.2) is 53.9 Å². The first-order chi connectivity index (χ1) is 25.4. The van der Waals surface area contributed by atoms with E-state index in [1.165, 1.54) is 0 Å². The molecule has 53 heavy (non-hydrogen) atoms. The summed E-state index contributed by atoms with van der Waals surface area (Å²) in [5, 5.41) is 9.08. The molecular weight excluding hydrogens is 685 g/mol. The van der Waals surface area contributed by atoms with Crippen LogP contribution in [0, 0.1) is 11.8 Å². The number of rotatable bonds is 19. The fraction of sp³-hybridized carbons (Fsp3) is 0.372. The van der Waals surface area contributed by atoms with E-state index in [1.807, 2.05) is 112 Å². The lowest BCUT2D eigenvalue weighted by atomic mass is 9.91. The molecular formula is C43H54N4O5S. The van der Waals surface area contributed by atoms with E-state index in [9.17, 15) is 18.6 Å². The molecule has 5 atom stereocenters. The fourth-order valence-electron chi connectivity index (χ4n) is 5.95. The zero-order chi connectivity index (χ0) is 38.3. The molecule has 0 fully saturated rings. The molecule has 0 aromatic heterocycles. The van der Waals surface area contributed by atoms with Gasteiger partial charge in [-0.1, -0.05) is 119 Å². The lowest BCUT2D eigenvalue weighted by molar-refractivity contribution is -0.132. The van der Waals surface area contributed by atoms with E-state index < -0.39 is 29.0 Å². The zero-order valence-corrected chi connectivity index (χ0v) is 32.5. The Bertz CT molecular complexity index is 1790. The van der Waals surface area contributed by atoms with Crippen molar-refractivity contribution >= 4 is 34.4 Å². The van der Waals surface area contributed by atoms with E-state index in [0.29, 0.717) is 37.2 Å². The molecule has 3 amide bonds. The van der Waals surface area contributed by atoms with Gasteiger partial charge in [0.25, 0.3) is 5.91 Å². The molecule has 0 saturated heterocycles. The molecule has 4 rings (SSSR count). The summed E-state index contributed by atoms with van der Waals surface area (Å²) in [6.07, 6.45) is 2.52. The lowest BCUT2D eigenvalue weighted by Gasteiger charge is -2.25. The first-order valence-electron chi connectivity index (χ1n) is 18.2. The summed E-state index contributed by atoms with van der Waals surface area (Å²) >= 11 is 0. The molecule has 3 N–H and O–H groups in total. The van der Waals surface area contributed by atoms with Gasteiger partial charge in [-0.3, -0.25) is 18.7 Å². The third-order valence-electron chi connectivity index (χ3n) is 9.47. The highest BCUT2D eigenvalue weighted by Gasteiger charge is 2.27. The zero-order valence-electron chi connectivity index (χ0n) is 31.7. The average Bonchev–Trinajstić information content (AvgIpc) is 3.17. The van der Waals surface area contributed by atoms with Gasteiger partial charge >= 0.3 is 0 Å². The van der Waals surface area contributed by atoms with Crippen molar-refractivity contribution in [3.63, 3.8) is 0 Å². The second-order valence-electron chi connectivity index (χ2n) is 14.0. The lowest BCUT2D eigenvalue weighted by Crippen LogP contribution is -2.50. The molecule has 0 saturated carbocycles. The standard InChI is InChI=1S/C43H54N4O5S/c1-30(2)40(43(50)44-27-33-16-10-7-11-17-33)46-41(48)31(3)22-23-38(29-52-28-34-18-12-8-13-19-34)45-42(49)37-24-36(25-39(26-37)47(5)53(6)51)32(4)35-20-14-9-15-21-35/h7-21,24-26,30-32,38,40H,22-23,27-29H2,1-6H3,(H,44,50)(H,45,49)(H,46,48)/t31-,32?,38?,40?,53?/m1/s1. The molecule has 4 aromatic rings. The van der Waals surface area contributed by atoms with Gasteiger partial charge in [-0.15, -0.1) is 0 Å². The van der Waals surface area contributed by atoms with Crippen molar-refractivity contribution in [1.29, 1.82) is 0 Å². The summed E-state index contributed by atoms with van der Waals surface area (Å²) in [6, 6.07) is 34.0. The number of hydrogen-bond acceptors (Lipinski definition) is 5. The van der Waals surface area contributed by atoms with Crippen LogP contribution in [0.4, 0.5) is 5.69 Å². The second kappa shape index (κ2) is 20.4. The molecule has 0 radical (unpaired) electrons. The molecule has 0 bridgehead atoms. The van der Waals surface area contributed by atoms with Crippen LogP contribution in [0.25, 0.3) is 0 Å². The van der Waals surface area contributed by atoms with Crippen molar-refractivity contribution in [1.82, 2.24) is 16.0 Å². The Hall–Kier alpha value is -4.80. The van der Waals surface area contributed by atoms with Gasteiger partial charge in [-0.25, -0.2) is 4.21 Å². The van der Waals surface area contributed by atoms with Gasteiger partial charge in [-0.05, 0) is 59.2 Å². The van der Waals surface area contributed by atoms with Crippen LogP contribution in [0.1, 0.15) is 79.1 Å². The van der Waals surface area contributed by atoms with E-state index in [2.05, 4.69) is 35.0 Å². The van der Waals surface area contributed by atoms with Gasteiger partial charge in [0.05, 0.1) is 19.3 Å². The highest BCUT2D eigenvalue weighted by atomic mass is 32.2. The number of anilines is 1. The minimum Gasteiger partial charge on any atom is -0.375 e. The first-order valence-corrected chi connectivity index (χ1v) is 19.8. The summed E-state index contributed by atoms with van der Waals surface area (Å²) < 4.78 is 20.2. The topological polar surface area (TPSA) is 117 Å². The van der Waals surface area contributed by atoms with Crippen LogP contribution in [-0.2, 0) is 38.5 Å². The van der Waals surface area contributed by atoms with Crippen LogP contribution < -0.4 is 20.3 Å². The minimum atomic E-state index is -1.30.